The third-order valence-corrected chi connectivity index (χ3v) is 5.38. The van der Waals surface area contributed by atoms with Crippen molar-refractivity contribution in [3.63, 3.8) is 0 Å². The van der Waals surface area contributed by atoms with Crippen LogP contribution in [0.5, 0.6) is 11.5 Å². The predicted octanol–water partition coefficient (Wildman–Crippen LogP) is 5.15. The summed E-state index contributed by atoms with van der Waals surface area (Å²) in [5.74, 6) is 2.18. The summed E-state index contributed by atoms with van der Waals surface area (Å²) in [5, 5.41) is 4.15. The van der Waals surface area contributed by atoms with E-state index in [2.05, 4.69) is 10.1 Å². The van der Waals surface area contributed by atoms with Crippen molar-refractivity contribution in [1.29, 1.82) is 0 Å². The fourth-order valence-corrected chi connectivity index (χ4v) is 3.76. The number of hydrogen-bond donors (Lipinski definition) is 1. The van der Waals surface area contributed by atoms with Gasteiger partial charge in [-0.25, -0.2) is 0 Å². The van der Waals surface area contributed by atoms with Crippen LogP contribution in [0.1, 0.15) is 0 Å². The number of rotatable bonds is 6. The number of nitrogens with zero attached hydrogens (tertiary/aromatic N) is 2. The van der Waals surface area contributed by atoms with Gasteiger partial charge in [0.2, 0.25) is 5.82 Å². The second-order valence-electron chi connectivity index (χ2n) is 6.16. The third-order valence-electron chi connectivity index (χ3n) is 4.29. The molecule has 29 heavy (non-hydrogen) atoms. The number of anilines is 1. The smallest absolute Gasteiger partial charge is 0.259 e. The average molecular weight is 405 g/mol. The Morgan fingerprint density at radius 2 is 1.66 bits per heavy atom. The minimum Gasteiger partial charge on any atom is -0.493 e. The van der Waals surface area contributed by atoms with E-state index in [1.54, 1.807) is 26.0 Å². The zero-order valence-corrected chi connectivity index (χ0v) is 16.8. The molecular weight excluding hydrogens is 386 g/mol. The Bertz CT molecular complexity index is 1130. The molecule has 0 saturated carbocycles. The van der Waals surface area contributed by atoms with Crippen molar-refractivity contribution in [3.05, 3.63) is 66.7 Å². The Morgan fingerprint density at radius 1 is 0.897 bits per heavy atom. The van der Waals surface area contributed by atoms with Crippen LogP contribution in [0.25, 0.3) is 22.8 Å². The molecule has 0 aliphatic heterocycles. The highest BCUT2D eigenvalue weighted by Crippen LogP contribution is 2.37. The first-order chi connectivity index (χ1) is 14.2. The maximum atomic E-state index is 5.78. The number of ether oxygens (including phenoxy) is 2. The van der Waals surface area contributed by atoms with Gasteiger partial charge in [0.25, 0.3) is 5.89 Å². The first-order valence-electron chi connectivity index (χ1n) is 8.87. The van der Waals surface area contributed by atoms with Crippen molar-refractivity contribution < 1.29 is 14.0 Å². The maximum absolute atomic E-state index is 5.78. The van der Waals surface area contributed by atoms with Crippen molar-refractivity contribution in [2.45, 2.75) is 9.79 Å². The molecule has 0 atom stereocenters. The van der Waals surface area contributed by atoms with Gasteiger partial charge in [-0.15, -0.1) is 0 Å². The van der Waals surface area contributed by atoms with E-state index in [0.717, 1.165) is 26.6 Å². The Kier molecular flexibility index (Phi) is 5.39. The number of aromatic nitrogens is 2. The molecule has 0 radical (unpaired) electrons. The Hall–Kier alpha value is -3.45. The summed E-state index contributed by atoms with van der Waals surface area (Å²) in [4.78, 5) is 6.68. The number of methoxy groups -OCH3 is 2. The van der Waals surface area contributed by atoms with Gasteiger partial charge in [0.1, 0.15) is 0 Å². The first kappa shape index (κ1) is 18.9. The lowest BCUT2D eigenvalue weighted by atomic mass is 10.2. The number of hydrogen-bond acceptors (Lipinski definition) is 7. The fraction of sp³-hybridized carbons (Fsp3) is 0.0909. The zero-order valence-electron chi connectivity index (χ0n) is 16.0. The monoisotopic (exact) mass is 405 g/mol. The molecule has 7 heteroatoms. The lowest BCUT2D eigenvalue weighted by molar-refractivity contribution is 0.355. The molecule has 0 amide bonds. The van der Waals surface area contributed by atoms with Crippen molar-refractivity contribution in [3.8, 4) is 34.3 Å². The van der Waals surface area contributed by atoms with Crippen LogP contribution in [0.15, 0.2) is 81.0 Å². The average Bonchev–Trinajstić information content (AvgIpc) is 3.25. The van der Waals surface area contributed by atoms with E-state index < -0.39 is 0 Å². The van der Waals surface area contributed by atoms with Gasteiger partial charge in [0.05, 0.1) is 19.8 Å². The zero-order chi connectivity index (χ0) is 20.2. The van der Waals surface area contributed by atoms with E-state index >= 15 is 0 Å². The molecule has 146 valence electrons. The van der Waals surface area contributed by atoms with Crippen LogP contribution >= 0.6 is 11.8 Å². The Labute approximate surface area is 172 Å². The van der Waals surface area contributed by atoms with Crippen LogP contribution in [0.2, 0.25) is 0 Å². The molecule has 0 saturated heterocycles. The summed E-state index contributed by atoms with van der Waals surface area (Å²) in [5.41, 5.74) is 8.16. The van der Waals surface area contributed by atoms with Gasteiger partial charge in [0.15, 0.2) is 11.5 Å². The summed E-state index contributed by atoms with van der Waals surface area (Å²) in [6.07, 6.45) is 0. The lowest BCUT2D eigenvalue weighted by Crippen LogP contribution is -1.91. The largest absolute Gasteiger partial charge is 0.493 e. The van der Waals surface area contributed by atoms with Gasteiger partial charge in [-0.3, -0.25) is 0 Å². The molecule has 0 aliphatic carbocycles. The second-order valence-corrected chi connectivity index (χ2v) is 7.28. The van der Waals surface area contributed by atoms with Gasteiger partial charge in [-0.1, -0.05) is 29.1 Å². The molecule has 6 nitrogen and oxygen atoms in total. The molecule has 0 bridgehead atoms. The molecule has 0 fully saturated rings. The molecule has 1 aromatic heterocycles. The number of benzene rings is 3. The molecule has 2 N–H and O–H groups in total. The van der Waals surface area contributed by atoms with Gasteiger partial charge < -0.3 is 19.7 Å². The van der Waals surface area contributed by atoms with Gasteiger partial charge in [-0.05, 0) is 54.6 Å². The Morgan fingerprint density at radius 3 is 2.41 bits per heavy atom. The maximum Gasteiger partial charge on any atom is 0.259 e. The highest BCUT2D eigenvalue weighted by molar-refractivity contribution is 7.99. The molecule has 0 spiro atoms. The number of nitrogen functional groups attached to an aromatic ring is 1. The Balaban J connectivity index is 1.66. The van der Waals surface area contributed by atoms with Crippen LogP contribution in [0.4, 0.5) is 5.69 Å². The van der Waals surface area contributed by atoms with E-state index in [-0.39, 0.29) is 0 Å². The number of nitrogens with two attached hydrogens (primary N) is 1. The topological polar surface area (TPSA) is 83.4 Å². The van der Waals surface area contributed by atoms with E-state index in [9.17, 15) is 0 Å². The van der Waals surface area contributed by atoms with Gasteiger partial charge in [0, 0.05) is 21.0 Å². The van der Waals surface area contributed by atoms with E-state index in [1.807, 2.05) is 66.7 Å². The normalized spacial score (nSPS) is 10.7. The molecule has 1 heterocycles. The quantitative estimate of drug-likeness (QED) is 0.444. The second kappa shape index (κ2) is 8.28. The summed E-state index contributed by atoms with van der Waals surface area (Å²) < 4.78 is 16.2. The summed E-state index contributed by atoms with van der Waals surface area (Å²) in [6.45, 7) is 0. The molecule has 4 rings (SSSR count). The summed E-state index contributed by atoms with van der Waals surface area (Å²) in [6, 6.07) is 21.2. The first-order valence-corrected chi connectivity index (χ1v) is 9.68. The molecular formula is C22H19N3O3S. The minimum atomic E-state index is 0.452. The molecule has 0 aliphatic rings. The third kappa shape index (κ3) is 4.05. The highest BCUT2D eigenvalue weighted by Gasteiger charge is 2.16. The molecule has 0 unspecified atom stereocenters. The SMILES string of the molecule is COc1ccc(-c2noc(-c3ccccc3Sc3ccc(N)cc3)n2)cc1OC. The molecule has 4 aromatic rings. The van der Waals surface area contributed by atoms with Crippen molar-refractivity contribution in [2.75, 3.05) is 20.0 Å². The van der Waals surface area contributed by atoms with Crippen LogP contribution in [0, 0.1) is 0 Å². The van der Waals surface area contributed by atoms with E-state index in [4.69, 9.17) is 19.7 Å². The van der Waals surface area contributed by atoms with E-state index in [0.29, 0.717) is 23.2 Å². The van der Waals surface area contributed by atoms with Crippen molar-refractivity contribution in [2.24, 2.45) is 0 Å². The standard InChI is InChI=1S/C22H19N3O3S/c1-26-18-12-7-14(13-19(18)27-2)21-24-22(28-25-21)17-5-3-4-6-20(17)29-16-10-8-15(23)9-11-16/h3-13H,23H2,1-2H3. The minimum absolute atomic E-state index is 0.452. The van der Waals surface area contributed by atoms with Crippen LogP contribution in [0.3, 0.4) is 0 Å². The highest BCUT2D eigenvalue weighted by atomic mass is 32.2. The van der Waals surface area contributed by atoms with E-state index in [1.165, 1.54) is 0 Å². The lowest BCUT2D eigenvalue weighted by Gasteiger charge is -2.07. The molecule has 3 aromatic carbocycles. The predicted molar refractivity (Wildman–Crippen MR) is 113 cm³/mol. The van der Waals surface area contributed by atoms with Gasteiger partial charge >= 0.3 is 0 Å². The van der Waals surface area contributed by atoms with Crippen molar-refractivity contribution in [1.82, 2.24) is 10.1 Å². The van der Waals surface area contributed by atoms with Crippen molar-refractivity contribution >= 4 is 17.4 Å². The van der Waals surface area contributed by atoms with Crippen LogP contribution < -0.4 is 15.2 Å². The summed E-state index contributed by atoms with van der Waals surface area (Å²) in [7, 11) is 3.19. The van der Waals surface area contributed by atoms with Gasteiger partial charge in [-0.2, -0.15) is 4.98 Å². The van der Waals surface area contributed by atoms with Crippen LogP contribution in [-0.2, 0) is 0 Å². The summed E-state index contributed by atoms with van der Waals surface area (Å²) >= 11 is 1.61. The fourth-order valence-electron chi connectivity index (χ4n) is 2.82. The van der Waals surface area contributed by atoms with Crippen LogP contribution in [-0.4, -0.2) is 24.4 Å².